The Kier molecular flexibility index (Phi) is 8.80. The predicted molar refractivity (Wildman–Crippen MR) is 148 cm³/mol. The molecule has 0 saturated heterocycles. The Morgan fingerprint density at radius 1 is 0.974 bits per heavy atom. The van der Waals surface area contributed by atoms with Crippen LogP contribution in [0.5, 0.6) is 0 Å². The molecule has 1 amide bonds. The van der Waals surface area contributed by atoms with Crippen molar-refractivity contribution in [2.24, 2.45) is 5.10 Å². The van der Waals surface area contributed by atoms with Gasteiger partial charge in [-0.1, -0.05) is 54.1 Å². The van der Waals surface area contributed by atoms with E-state index in [1.165, 1.54) is 24.4 Å². The zero-order chi connectivity index (χ0) is 27.8. The number of benzene rings is 3. The number of hydrogen-bond donors (Lipinski definition) is 1. The highest BCUT2D eigenvalue weighted by molar-refractivity contribution is 7.92. The largest absolute Gasteiger partial charge is 0.462 e. The molecule has 39 heavy (non-hydrogen) atoms. The lowest BCUT2D eigenvalue weighted by atomic mass is 10.1. The van der Waals surface area contributed by atoms with E-state index < -0.39 is 28.4 Å². The highest BCUT2D eigenvalue weighted by Gasteiger charge is 2.28. The van der Waals surface area contributed by atoms with Gasteiger partial charge in [-0.25, -0.2) is 18.6 Å². The van der Waals surface area contributed by atoms with Crippen molar-refractivity contribution < 1.29 is 27.2 Å². The maximum atomic E-state index is 13.4. The normalized spacial score (nSPS) is 11.3. The molecule has 0 bridgehead atoms. The first-order chi connectivity index (χ1) is 18.8. The SMILES string of the molecule is CCOC(=O)c1ccc(-c2ccc(/C=N\NC(=O)CN(c3ccccc3Cl)S(=O)(=O)c3ccccc3)o2)cc1. The number of carbonyl (C=O) groups is 2. The van der Waals surface area contributed by atoms with Crippen molar-refractivity contribution in [3.05, 3.63) is 107 Å². The molecule has 0 saturated carbocycles. The van der Waals surface area contributed by atoms with E-state index >= 15 is 0 Å². The van der Waals surface area contributed by atoms with Gasteiger partial charge in [0.05, 0.1) is 34.0 Å². The Bertz CT molecular complexity index is 1590. The molecule has 0 spiro atoms. The summed E-state index contributed by atoms with van der Waals surface area (Å²) in [6.45, 7) is 1.47. The summed E-state index contributed by atoms with van der Waals surface area (Å²) in [5.74, 6) is -0.222. The highest BCUT2D eigenvalue weighted by atomic mass is 35.5. The maximum absolute atomic E-state index is 13.4. The molecule has 1 N–H and O–H groups in total. The molecule has 0 aliphatic rings. The Morgan fingerprint density at radius 3 is 2.36 bits per heavy atom. The quantitative estimate of drug-likeness (QED) is 0.162. The standard InChI is InChI=1S/C28H24ClN3O6S/c1-2-37-28(34)21-14-12-20(13-15-21)26-17-16-22(38-26)18-30-31-27(33)19-32(25-11-7-6-10-24(25)29)39(35,36)23-8-4-3-5-9-23/h3-18H,2,19H2,1H3,(H,31,33)/b30-18-. The van der Waals surface area contributed by atoms with Gasteiger partial charge in [0.25, 0.3) is 15.9 Å². The number of carbonyl (C=O) groups excluding carboxylic acids is 2. The average Bonchev–Trinajstić information content (AvgIpc) is 3.42. The van der Waals surface area contributed by atoms with Gasteiger partial charge in [0, 0.05) is 5.56 Å². The number of nitrogens with zero attached hydrogens (tertiary/aromatic N) is 2. The van der Waals surface area contributed by atoms with Gasteiger partial charge in [-0.3, -0.25) is 9.10 Å². The van der Waals surface area contributed by atoms with Crippen LogP contribution in [0.2, 0.25) is 5.02 Å². The topological polar surface area (TPSA) is 118 Å². The van der Waals surface area contributed by atoms with Gasteiger partial charge in [-0.15, -0.1) is 0 Å². The van der Waals surface area contributed by atoms with Crippen LogP contribution in [-0.4, -0.2) is 39.7 Å². The fourth-order valence-electron chi connectivity index (χ4n) is 3.57. The van der Waals surface area contributed by atoms with Crippen LogP contribution in [0.4, 0.5) is 5.69 Å². The van der Waals surface area contributed by atoms with Gasteiger partial charge in [0.15, 0.2) is 0 Å². The Morgan fingerprint density at radius 2 is 1.67 bits per heavy atom. The minimum atomic E-state index is -4.10. The van der Waals surface area contributed by atoms with Crippen LogP contribution in [-0.2, 0) is 19.6 Å². The molecule has 0 aliphatic carbocycles. The minimum Gasteiger partial charge on any atom is -0.462 e. The van der Waals surface area contributed by atoms with Crippen LogP contribution in [0.15, 0.2) is 105 Å². The Balaban J connectivity index is 1.45. The second-order valence-corrected chi connectivity index (χ2v) is 10.3. The average molecular weight is 566 g/mol. The second-order valence-electron chi connectivity index (χ2n) is 8.07. The summed E-state index contributed by atoms with van der Waals surface area (Å²) in [6.07, 6.45) is 1.29. The smallest absolute Gasteiger partial charge is 0.338 e. The summed E-state index contributed by atoms with van der Waals surface area (Å²) in [5, 5.41) is 4.07. The molecular weight excluding hydrogens is 542 g/mol. The number of halogens is 1. The lowest BCUT2D eigenvalue weighted by Crippen LogP contribution is -2.39. The molecule has 0 radical (unpaired) electrons. The molecular formula is C28H24ClN3O6S. The van der Waals surface area contributed by atoms with Crippen molar-refractivity contribution in [2.75, 3.05) is 17.5 Å². The van der Waals surface area contributed by atoms with E-state index in [-0.39, 0.29) is 15.6 Å². The number of esters is 1. The van der Waals surface area contributed by atoms with Gasteiger partial charge in [-0.05, 0) is 55.5 Å². The van der Waals surface area contributed by atoms with Crippen molar-refractivity contribution >= 4 is 45.4 Å². The van der Waals surface area contributed by atoms with Crippen LogP contribution in [0.3, 0.4) is 0 Å². The number of furan rings is 1. The van der Waals surface area contributed by atoms with E-state index in [9.17, 15) is 18.0 Å². The fraction of sp³-hybridized carbons (Fsp3) is 0.107. The van der Waals surface area contributed by atoms with Crippen molar-refractivity contribution in [1.29, 1.82) is 0 Å². The summed E-state index contributed by atoms with van der Waals surface area (Å²) in [7, 11) is -4.10. The van der Waals surface area contributed by atoms with Crippen LogP contribution in [0, 0.1) is 0 Å². The third kappa shape index (κ3) is 6.73. The molecule has 0 fully saturated rings. The third-order valence-corrected chi connectivity index (χ3v) is 7.52. The van der Waals surface area contributed by atoms with Crippen LogP contribution < -0.4 is 9.73 Å². The molecule has 1 aromatic heterocycles. The third-order valence-electron chi connectivity index (χ3n) is 5.43. The van der Waals surface area contributed by atoms with Crippen molar-refractivity contribution in [3.8, 4) is 11.3 Å². The van der Waals surface area contributed by atoms with Crippen LogP contribution >= 0.6 is 11.6 Å². The molecule has 0 aliphatic heterocycles. The molecule has 0 unspecified atom stereocenters. The first-order valence-electron chi connectivity index (χ1n) is 11.8. The zero-order valence-corrected chi connectivity index (χ0v) is 22.4. The van der Waals surface area contributed by atoms with E-state index in [1.54, 1.807) is 79.7 Å². The first-order valence-corrected chi connectivity index (χ1v) is 13.6. The van der Waals surface area contributed by atoms with Crippen LogP contribution in [0.1, 0.15) is 23.0 Å². The highest BCUT2D eigenvalue weighted by Crippen LogP contribution is 2.30. The van der Waals surface area contributed by atoms with E-state index in [0.29, 0.717) is 23.7 Å². The molecule has 11 heteroatoms. The maximum Gasteiger partial charge on any atom is 0.338 e. The van der Waals surface area contributed by atoms with E-state index in [4.69, 9.17) is 20.8 Å². The number of nitrogens with one attached hydrogen (secondary N) is 1. The van der Waals surface area contributed by atoms with E-state index in [0.717, 1.165) is 9.87 Å². The Hall–Kier alpha value is -4.41. The predicted octanol–water partition coefficient (Wildman–Crippen LogP) is 5.12. The molecule has 4 aromatic rings. The summed E-state index contributed by atoms with van der Waals surface area (Å²) >= 11 is 6.27. The number of anilines is 1. The number of hydrogen-bond acceptors (Lipinski definition) is 7. The summed E-state index contributed by atoms with van der Waals surface area (Å²) in [5.41, 5.74) is 3.64. The zero-order valence-electron chi connectivity index (χ0n) is 20.8. The summed E-state index contributed by atoms with van der Waals surface area (Å²) < 4.78 is 38.4. The number of sulfonamides is 1. The molecule has 200 valence electrons. The van der Waals surface area contributed by atoms with Gasteiger partial charge >= 0.3 is 5.97 Å². The summed E-state index contributed by atoms with van der Waals surface area (Å²) in [6, 6.07) is 24.2. The van der Waals surface area contributed by atoms with Crippen LogP contribution in [0.25, 0.3) is 11.3 Å². The number of para-hydroxylation sites is 1. The molecule has 0 atom stereocenters. The molecule has 9 nitrogen and oxygen atoms in total. The fourth-order valence-corrected chi connectivity index (χ4v) is 5.32. The van der Waals surface area contributed by atoms with Gasteiger partial charge in [0.2, 0.25) is 0 Å². The number of ether oxygens (including phenoxy) is 1. The molecule has 4 rings (SSSR count). The van der Waals surface area contributed by atoms with Gasteiger partial charge in [-0.2, -0.15) is 5.10 Å². The minimum absolute atomic E-state index is 0.0135. The summed E-state index contributed by atoms with van der Waals surface area (Å²) in [4.78, 5) is 24.6. The number of amides is 1. The van der Waals surface area contributed by atoms with Gasteiger partial charge < -0.3 is 9.15 Å². The molecule has 1 heterocycles. The Labute approximate surface area is 230 Å². The lowest BCUT2D eigenvalue weighted by Gasteiger charge is -2.24. The van der Waals surface area contributed by atoms with Crippen molar-refractivity contribution in [3.63, 3.8) is 0 Å². The first kappa shape index (κ1) is 27.6. The van der Waals surface area contributed by atoms with Crippen molar-refractivity contribution in [2.45, 2.75) is 11.8 Å². The lowest BCUT2D eigenvalue weighted by molar-refractivity contribution is -0.119. The number of rotatable bonds is 10. The molecule has 3 aromatic carbocycles. The monoisotopic (exact) mass is 565 g/mol. The van der Waals surface area contributed by atoms with E-state index in [2.05, 4.69) is 10.5 Å². The number of hydrazone groups is 1. The van der Waals surface area contributed by atoms with Crippen molar-refractivity contribution in [1.82, 2.24) is 5.43 Å². The van der Waals surface area contributed by atoms with Gasteiger partial charge in [0.1, 0.15) is 18.1 Å². The van der Waals surface area contributed by atoms with E-state index in [1.807, 2.05) is 0 Å². The second kappa shape index (κ2) is 12.4.